The average molecular weight is 292 g/mol. The van der Waals surface area contributed by atoms with E-state index in [1.165, 1.54) is 31.3 Å². The summed E-state index contributed by atoms with van der Waals surface area (Å²) >= 11 is 0. The number of nitrogens with one attached hydrogen (secondary N) is 1. The molecule has 0 aliphatic rings. The lowest BCUT2D eigenvalue weighted by Gasteiger charge is -2.06. The molecule has 0 saturated heterocycles. The molecule has 1 rings (SSSR count). The number of ether oxygens (including phenoxy) is 1. The molecule has 1 aromatic carbocycles. The number of non-ortho nitro benzene ring substituents is 1. The molecule has 0 amide bonds. The Morgan fingerprint density at radius 2 is 2.00 bits per heavy atom. The van der Waals surface area contributed by atoms with Gasteiger partial charge in [-0.15, -0.1) is 0 Å². The first kappa shape index (κ1) is 16.3. The van der Waals surface area contributed by atoms with Crippen molar-refractivity contribution in [2.45, 2.75) is 13.8 Å². The highest BCUT2D eigenvalue weighted by molar-refractivity contribution is 6.65. The molecule has 8 heteroatoms. The fraction of sp³-hybridized carbons (Fsp3) is 0.308. The number of hydrogen-bond donors (Lipinski definition) is 1. The van der Waals surface area contributed by atoms with Crippen LogP contribution in [0.15, 0.2) is 34.4 Å². The molecule has 0 bridgehead atoms. The second-order valence-corrected chi connectivity index (χ2v) is 3.91. The van der Waals surface area contributed by atoms with Crippen LogP contribution in [0.2, 0.25) is 0 Å². The molecule has 0 aliphatic carbocycles. The van der Waals surface area contributed by atoms with E-state index < -0.39 is 10.9 Å². The average Bonchev–Trinajstić information content (AvgIpc) is 2.47. The molecule has 1 aromatic rings. The van der Waals surface area contributed by atoms with Crippen LogP contribution in [-0.2, 0) is 9.53 Å². The first-order valence-corrected chi connectivity index (χ1v) is 6.18. The highest BCUT2D eigenvalue weighted by Gasteiger charge is 2.16. The summed E-state index contributed by atoms with van der Waals surface area (Å²) in [5.74, 6) is -0.588. The smallest absolute Gasteiger partial charge is 0.360 e. The largest absolute Gasteiger partial charge is 0.461 e. The van der Waals surface area contributed by atoms with E-state index in [-0.39, 0.29) is 18.0 Å². The summed E-state index contributed by atoms with van der Waals surface area (Å²) in [6.07, 6.45) is 0. The van der Waals surface area contributed by atoms with Crippen molar-refractivity contribution >= 4 is 28.8 Å². The van der Waals surface area contributed by atoms with Crippen molar-refractivity contribution in [1.29, 1.82) is 0 Å². The number of carbonyl (C=O) groups excluding carboxylic acids is 1. The number of esters is 1. The van der Waals surface area contributed by atoms with Gasteiger partial charge in [-0.2, -0.15) is 5.10 Å². The van der Waals surface area contributed by atoms with E-state index in [0.29, 0.717) is 11.4 Å². The van der Waals surface area contributed by atoms with Gasteiger partial charge in [0.15, 0.2) is 5.71 Å². The predicted molar refractivity (Wildman–Crippen MR) is 79.8 cm³/mol. The Morgan fingerprint density at radius 1 is 1.38 bits per heavy atom. The van der Waals surface area contributed by atoms with Crippen LogP contribution in [0.5, 0.6) is 0 Å². The van der Waals surface area contributed by atoms with Gasteiger partial charge in [-0.3, -0.25) is 20.5 Å². The van der Waals surface area contributed by atoms with Gasteiger partial charge in [-0.05, 0) is 26.0 Å². The highest BCUT2D eigenvalue weighted by atomic mass is 16.6. The van der Waals surface area contributed by atoms with E-state index in [1.807, 2.05) is 0 Å². The molecule has 8 nitrogen and oxygen atoms in total. The topological polar surface area (TPSA) is 106 Å². The van der Waals surface area contributed by atoms with Crippen molar-refractivity contribution < 1.29 is 14.5 Å². The summed E-state index contributed by atoms with van der Waals surface area (Å²) < 4.78 is 4.89. The highest BCUT2D eigenvalue weighted by Crippen LogP contribution is 2.15. The van der Waals surface area contributed by atoms with Crippen molar-refractivity contribution in [2.75, 3.05) is 19.1 Å². The molecule has 0 atom stereocenters. The molecule has 0 fully saturated rings. The van der Waals surface area contributed by atoms with Crippen molar-refractivity contribution in [1.82, 2.24) is 0 Å². The van der Waals surface area contributed by atoms with Crippen LogP contribution in [0.3, 0.4) is 0 Å². The summed E-state index contributed by atoms with van der Waals surface area (Å²) in [5, 5.41) is 14.5. The van der Waals surface area contributed by atoms with Crippen molar-refractivity contribution in [2.24, 2.45) is 10.1 Å². The summed E-state index contributed by atoms with van der Waals surface area (Å²) in [5.41, 5.74) is 3.60. The molecule has 0 heterocycles. The summed E-state index contributed by atoms with van der Waals surface area (Å²) in [6, 6.07) is 5.65. The van der Waals surface area contributed by atoms with Gasteiger partial charge in [-0.25, -0.2) is 4.79 Å². The number of benzene rings is 1. The van der Waals surface area contributed by atoms with E-state index in [4.69, 9.17) is 4.74 Å². The number of rotatable bonds is 6. The number of anilines is 1. The summed E-state index contributed by atoms with van der Waals surface area (Å²) in [4.78, 5) is 25.7. The first-order chi connectivity index (χ1) is 9.99. The third-order valence-electron chi connectivity index (χ3n) is 2.52. The third-order valence-corrected chi connectivity index (χ3v) is 2.52. The summed E-state index contributed by atoms with van der Waals surface area (Å²) in [6.45, 7) is 3.55. The van der Waals surface area contributed by atoms with E-state index in [0.717, 1.165) is 0 Å². The Bertz CT molecular complexity index is 578. The molecular formula is C13H16N4O4. The fourth-order valence-corrected chi connectivity index (χ4v) is 1.36. The lowest BCUT2D eigenvalue weighted by atomic mass is 10.2. The van der Waals surface area contributed by atoms with Gasteiger partial charge in [0.05, 0.1) is 22.9 Å². The van der Waals surface area contributed by atoms with E-state index in [1.54, 1.807) is 13.8 Å². The van der Waals surface area contributed by atoms with Crippen molar-refractivity contribution in [3.05, 3.63) is 34.4 Å². The maximum Gasteiger partial charge on any atom is 0.360 e. The first-order valence-electron chi connectivity index (χ1n) is 6.18. The van der Waals surface area contributed by atoms with Gasteiger partial charge < -0.3 is 4.74 Å². The zero-order chi connectivity index (χ0) is 15.8. The lowest BCUT2D eigenvalue weighted by molar-refractivity contribution is -0.384. The lowest BCUT2D eigenvalue weighted by Crippen LogP contribution is -2.25. The molecule has 1 N–H and O–H groups in total. The Labute approximate surface area is 121 Å². The SMILES string of the molecule is CCOC(=O)/C(=N/Nc1ccc([N+](=O)[O-])cc1)C(C)=NC. The number of hydrazone groups is 1. The van der Waals surface area contributed by atoms with E-state index in [9.17, 15) is 14.9 Å². The van der Waals surface area contributed by atoms with Gasteiger partial charge >= 0.3 is 5.97 Å². The summed E-state index contributed by atoms with van der Waals surface area (Å²) in [7, 11) is 1.54. The van der Waals surface area contributed by atoms with E-state index in [2.05, 4.69) is 15.5 Å². The molecule has 0 aromatic heterocycles. The minimum absolute atomic E-state index is 0.0264. The van der Waals surface area contributed by atoms with Crippen molar-refractivity contribution in [3.63, 3.8) is 0 Å². The van der Waals surface area contributed by atoms with Crippen LogP contribution >= 0.6 is 0 Å². The molecule has 0 spiro atoms. The van der Waals surface area contributed by atoms with Crippen LogP contribution in [0.4, 0.5) is 11.4 Å². The number of carbonyl (C=O) groups is 1. The molecular weight excluding hydrogens is 276 g/mol. The number of nitro groups is 1. The van der Waals surface area contributed by atoms with Crippen LogP contribution in [0, 0.1) is 10.1 Å². The zero-order valence-electron chi connectivity index (χ0n) is 12.0. The molecule has 21 heavy (non-hydrogen) atoms. The monoisotopic (exact) mass is 292 g/mol. The number of aliphatic imine (C=N–C) groups is 1. The molecule has 0 radical (unpaired) electrons. The Morgan fingerprint density at radius 3 is 2.48 bits per heavy atom. The zero-order valence-corrected chi connectivity index (χ0v) is 12.0. The predicted octanol–water partition coefficient (Wildman–Crippen LogP) is 2.02. The van der Waals surface area contributed by atoms with Crippen LogP contribution in [0.1, 0.15) is 13.8 Å². The second-order valence-electron chi connectivity index (χ2n) is 3.91. The minimum atomic E-state index is -0.588. The Kier molecular flexibility index (Phi) is 5.99. The molecule has 0 aliphatic heterocycles. The van der Waals surface area contributed by atoms with Crippen molar-refractivity contribution in [3.8, 4) is 0 Å². The minimum Gasteiger partial charge on any atom is -0.461 e. The van der Waals surface area contributed by atoms with Gasteiger partial charge in [0.2, 0.25) is 0 Å². The van der Waals surface area contributed by atoms with Crippen LogP contribution in [0.25, 0.3) is 0 Å². The fourth-order valence-electron chi connectivity index (χ4n) is 1.36. The molecule has 0 unspecified atom stereocenters. The maximum atomic E-state index is 11.7. The van der Waals surface area contributed by atoms with Gasteiger partial charge in [0.1, 0.15) is 0 Å². The van der Waals surface area contributed by atoms with Gasteiger partial charge in [0.25, 0.3) is 5.69 Å². The van der Waals surface area contributed by atoms with Gasteiger partial charge in [0, 0.05) is 19.2 Å². The Balaban J connectivity index is 2.91. The Hall–Kier alpha value is -2.77. The van der Waals surface area contributed by atoms with Crippen LogP contribution in [-0.4, -0.2) is 36.0 Å². The second kappa shape index (κ2) is 7.73. The third kappa shape index (κ3) is 4.68. The normalized spacial score (nSPS) is 12.0. The number of nitro benzene ring substituents is 1. The quantitative estimate of drug-likeness (QED) is 0.373. The number of nitrogens with zero attached hydrogens (tertiary/aromatic N) is 3. The van der Waals surface area contributed by atoms with Crippen LogP contribution < -0.4 is 5.43 Å². The van der Waals surface area contributed by atoms with E-state index >= 15 is 0 Å². The molecule has 0 saturated carbocycles. The maximum absolute atomic E-state index is 11.7. The number of hydrogen-bond acceptors (Lipinski definition) is 7. The standard InChI is InChI=1S/C13H16N4O4/c1-4-21-13(18)12(9(2)14-3)16-15-10-5-7-11(8-6-10)17(19)20/h5-8,15H,4H2,1-3H3/b14-9?,16-12+. The van der Waals surface area contributed by atoms with Gasteiger partial charge in [-0.1, -0.05) is 0 Å². The molecule has 112 valence electrons.